The second kappa shape index (κ2) is 8.01. The molecule has 0 amide bonds. The normalized spacial score (nSPS) is 11.6. The van der Waals surface area contributed by atoms with Crippen molar-refractivity contribution in [1.82, 2.24) is 0 Å². The van der Waals surface area contributed by atoms with E-state index in [1.807, 2.05) is 36.4 Å². The van der Waals surface area contributed by atoms with Gasteiger partial charge in [0.15, 0.2) is 0 Å². The molecule has 0 bridgehead atoms. The van der Waals surface area contributed by atoms with Crippen LogP contribution in [-0.4, -0.2) is 6.61 Å². The Bertz CT molecular complexity index is 573. The first-order chi connectivity index (χ1) is 10.3. The van der Waals surface area contributed by atoms with Crippen LogP contribution in [0.1, 0.15) is 38.0 Å². The maximum Gasteiger partial charge on any atom is 0.125 e. The minimum atomic E-state index is 0.147. The predicted octanol–water partition coefficient (Wildman–Crippen LogP) is 4.53. The molecule has 4 nitrogen and oxygen atoms in total. The fourth-order valence-electron chi connectivity index (χ4n) is 2.08. The quantitative estimate of drug-likeness (QED) is 0.724. The van der Waals surface area contributed by atoms with Crippen LogP contribution in [-0.2, 0) is 0 Å². The van der Waals surface area contributed by atoms with Crippen LogP contribution in [0.4, 0.5) is 5.69 Å². The Morgan fingerprint density at radius 1 is 1.33 bits per heavy atom. The summed E-state index contributed by atoms with van der Waals surface area (Å²) in [6, 6.07) is 14.0. The fraction of sp³-hybridized carbons (Fsp3) is 0.353. The number of nitrogens with zero attached hydrogens (tertiary/aromatic N) is 1. The molecule has 1 unspecified atom stereocenters. The van der Waals surface area contributed by atoms with E-state index in [0.717, 1.165) is 30.0 Å². The summed E-state index contributed by atoms with van der Waals surface area (Å²) in [5.74, 6) is 1.74. The van der Waals surface area contributed by atoms with Gasteiger partial charge in [0.2, 0.25) is 0 Å². The van der Waals surface area contributed by atoms with E-state index in [1.54, 1.807) is 6.26 Å². The Morgan fingerprint density at radius 3 is 2.95 bits per heavy atom. The van der Waals surface area contributed by atoms with Gasteiger partial charge in [-0.25, -0.2) is 0 Å². The summed E-state index contributed by atoms with van der Waals surface area (Å²) in [6.45, 7) is 2.68. The van der Waals surface area contributed by atoms with Gasteiger partial charge in [-0.15, -0.1) is 0 Å². The number of hydrogen-bond donors (Lipinski definition) is 1. The number of ether oxygens (including phenoxy) is 1. The van der Waals surface area contributed by atoms with Crippen LogP contribution in [0.25, 0.3) is 0 Å². The highest BCUT2D eigenvalue weighted by atomic mass is 16.5. The molecule has 0 spiro atoms. The van der Waals surface area contributed by atoms with Crippen LogP contribution < -0.4 is 10.1 Å². The van der Waals surface area contributed by atoms with Gasteiger partial charge in [0.05, 0.1) is 25.0 Å². The van der Waals surface area contributed by atoms with Gasteiger partial charge in [-0.3, -0.25) is 0 Å². The lowest BCUT2D eigenvalue weighted by molar-refractivity contribution is 0.313. The lowest BCUT2D eigenvalue weighted by Crippen LogP contribution is -2.08. The maximum atomic E-state index is 8.50. The topological polar surface area (TPSA) is 58.2 Å². The molecule has 0 aliphatic rings. The molecule has 2 rings (SSSR count). The van der Waals surface area contributed by atoms with Crippen molar-refractivity contribution < 1.29 is 9.15 Å². The molecule has 110 valence electrons. The van der Waals surface area contributed by atoms with Crippen molar-refractivity contribution in [3.05, 3.63) is 48.4 Å². The highest BCUT2D eigenvalue weighted by molar-refractivity contribution is 5.49. The Morgan fingerprint density at radius 2 is 2.24 bits per heavy atom. The van der Waals surface area contributed by atoms with Crippen LogP contribution in [0, 0.1) is 11.3 Å². The molecule has 21 heavy (non-hydrogen) atoms. The van der Waals surface area contributed by atoms with E-state index in [4.69, 9.17) is 14.4 Å². The smallest absolute Gasteiger partial charge is 0.125 e. The van der Waals surface area contributed by atoms with E-state index >= 15 is 0 Å². The molecule has 1 aromatic heterocycles. The van der Waals surface area contributed by atoms with Gasteiger partial charge in [0.1, 0.15) is 11.5 Å². The molecule has 0 aliphatic heterocycles. The van der Waals surface area contributed by atoms with E-state index in [0.29, 0.717) is 13.0 Å². The van der Waals surface area contributed by atoms with E-state index in [9.17, 15) is 0 Å². The second-order valence-electron chi connectivity index (χ2n) is 4.76. The first-order valence-corrected chi connectivity index (χ1v) is 7.23. The number of hydrogen-bond acceptors (Lipinski definition) is 4. The molecule has 1 heterocycles. The zero-order valence-electron chi connectivity index (χ0n) is 12.2. The molecule has 0 aliphatic carbocycles. The zero-order valence-corrected chi connectivity index (χ0v) is 12.2. The van der Waals surface area contributed by atoms with Crippen molar-refractivity contribution in [3.8, 4) is 11.8 Å². The van der Waals surface area contributed by atoms with Gasteiger partial charge in [0, 0.05) is 18.2 Å². The molecule has 2 aromatic rings. The van der Waals surface area contributed by atoms with E-state index in [2.05, 4.69) is 18.3 Å². The van der Waals surface area contributed by atoms with Gasteiger partial charge in [-0.2, -0.15) is 5.26 Å². The van der Waals surface area contributed by atoms with Crippen LogP contribution in [0.2, 0.25) is 0 Å². The number of nitriles is 1. The number of rotatable bonds is 8. The van der Waals surface area contributed by atoms with Gasteiger partial charge >= 0.3 is 0 Å². The molecule has 0 fully saturated rings. The van der Waals surface area contributed by atoms with Crippen molar-refractivity contribution in [3.63, 3.8) is 0 Å². The second-order valence-corrected chi connectivity index (χ2v) is 4.76. The summed E-state index contributed by atoms with van der Waals surface area (Å²) in [6.07, 6.45) is 3.89. The Hall–Kier alpha value is -2.41. The largest absolute Gasteiger partial charge is 0.493 e. The lowest BCUT2D eigenvalue weighted by Gasteiger charge is -2.16. The summed E-state index contributed by atoms with van der Waals surface area (Å²) in [5, 5.41) is 11.9. The van der Waals surface area contributed by atoms with E-state index in [-0.39, 0.29) is 6.04 Å². The summed E-state index contributed by atoms with van der Waals surface area (Å²) in [7, 11) is 0. The molecular weight excluding hydrogens is 264 g/mol. The minimum absolute atomic E-state index is 0.147. The molecular formula is C17H20N2O2. The summed E-state index contributed by atoms with van der Waals surface area (Å²) >= 11 is 0. The number of benzene rings is 1. The first kappa shape index (κ1) is 15.0. The van der Waals surface area contributed by atoms with Crippen LogP contribution in [0.15, 0.2) is 47.1 Å². The predicted molar refractivity (Wildman–Crippen MR) is 82.1 cm³/mol. The standard InChI is InChI=1S/C17H20N2O2/c1-2-16(17-9-6-12-21-17)19-14-7-5-8-15(13-14)20-11-4-3-10-18/h5-9,12-13,16,19H,2-4,11H2,1H3. The summed E-state index contributed by atoms with van der Waals surface area (Å²) in [5.41, 5.74) is 0.996. The van der Waals surface area contributed by atoms with E-state index in [1.165, 1.54) is 0 Å². The van der Waals surface area contributed by atoms with Crippen LogP contribution in [0.5, 0.6) is 5.75 Å². The summed E-state index contributed by atoms with van der Waals surface area (Å²) < 4.78 is 11.1. The van der Waals surface area contributed by atoms with E-state index < -0.39 is 0 Å². The van der Waals surface area contributed by atoms with Gasteiger partial charge in [-0.05, 0) is 37.1 Å². The Labute approximate surface area is 125 Å². The van der Waals surface area contributed by atoms with Crippen molar-refractivity contribution in [2.45, 2.75) is 32.2 Å². The van der Waals surface area contributed by atoms with Crippen molar-refractivity contribution in [1.29, 1.82) is 5.26 Å². The summed E-state index contributed by atoms with van der Waals surface area (Å²) in [4.78, 5) is 0. The first-order valence-electron chi connectivity index (χ1n) is 7.23. The fourth-order valence-corrected chi connectivity index (χ4v) is 2.08. The highest BCUT2D eigenvalue weighted by Crippen LogP contribution is 2.25. The maximum absolute atomic E-state index is 8.50. The average molecular weight is 284 g/mol. The van der Waals surface area contributed by atoms with Crippen LogP contribution in [0.3, 0.4) is 0 Å². The van der Waals surface area contributed by atoms with Gasteiger partial charge in [0.25, 0.3) is 0 Å². The average Bonchev–Trinajstić information content (AvgIpc) is 3.04. The number of furan rings is 1. The number of unbranched alkanes of at least 4 members (excludes halogenated alkanes) is 1. The molecule has 4 heteroatoms. The Kier molecular flexibility index (Phi) is 5.71. The van der Waals surface area contributed by atoms with Crippen molar-refractivity contribution in [2.24, 2.45) is 0 Å². The highest BCUT2D eigenvalue weighted by Gasteiger charge is 2.11. The van der Waals surface area contributed by atoms with Crippen molar-refractivity contribution >= 4 is 5.69 Å². The molecule has 0 saturated carbocycles. The zero-order chi connectivity index (χ0) is 14.9. The number of anilines is 1. The molecule has 1 atom stereocenters. The van der Waals surface area contributed by atoms with Gasteiger partial charge in [-0.1, -0.05) is 13.0 Å². The van der Waals surface area contributed by atoms with Crippen molar-refractivity contribution in [2.75, 3.05) is 11.9 Å². The molecule has 1 N–H and O–H groups in total. The lowest BCUT2D eigenvalue weighted by atomic mass is 10.1. The molecule has 0 radical (unpaired) electrons. The van der Waals surface area contributed by atoms with Gasteiger partial charge < -0.3 is 14.5 Å². The monoisotopic (exact) mass is 284 g/mol. The minimum Gasteiger partial charge on any atom is -0.493 e. The third-order valence-corrected chi connectivity index (χ3v) is 3.17. The molecule has 1 aromatic carbocycles. The molecule has 0 saturated heterocycles. The third-order valence-electron chi connectivity index (χ3n) is 3.17. The van der Waals surface area contributed by atoms with Crippen LogP contribution >= 0.6 is 0 Å². The third kappa shape index (κ3) is 4.57. The number of nitrogens with one attached hydrogen (secondary N) is 1. The SMILES string of the molecule is CCC(Nc1cccc(OCCCC#N)c1)c1ccco1. The Balaban J connectivity index is 1.95.